The molecule has 0 heterocycles. The number of hydrogen-bond donors (Lipinski definition) is 7. The molecule has 36 heavy (non-hydrogen) atoms. The van der Waals surface area contributed by atoms with Crippen molar-refractivity contribution in [2.75, 3.05) is 6.61 Å². The summed E-state index contributed by atoms with van der Waals surface area (Å²) in [5.74, 6) is -0.371. The van der Waals surface area contributed by atoms with Gasteiger partial charge in [-0.1, -0.05) is 34.6 Å². The van der Waals surface area contributed by atoms with Gasteiger partial charge in [0.2, 0.25) is 0 Å². The Morgan fingerprint density at radius 3 is 2.06 bits per heavy atom. The van der Waals surface area contributed by atoms with Gasteiger partial charge in [-0.3, -0.25) is 0 Å². The monoisotopic (exact) mass is 512 g/mol. The minimum absolute atomic E-state index is 0.0354. The second-order valence-electron chi connectivity index (χ2n) is 14.0. The first-order valence-corrected chi connectivity index (χ1v) is 14.5. The molecule has 0 amide bonds. The van der Waals surface area contributed by atoms with Gasteiger partial charge in [0, 0.05) is 12.5 Å². The minimum atomic E-state index is -1.15. The van der Waals surface area contributed by atoms with Gasteiger partial charge in [0.25, 0.3) is 0 Å². The zero-order valence-corrected chi connectivity index (χ0v) is 22.9. The maximum Gasteiger partial charge on any atom is 0.0861 e. The molecule has 0 aromatic carbocycles. The molecular weight excluding hydrogens is 460 g/mol. The third-order valence-corrected chi connectivity index (χ3v) is 12.1. The van der Waals surface area contributed by atoms with E-state index in [0.717, 1.165) is 12.8 Å². The fraction of sp³-hybridized carbons (Fsp3) is 1.00. The number of aliphatic hydroxyl groups excluding tert-OH is 7. The van der Waals surface area contributed by atoms with Crippen molar-refractivity contribution in [2.24, 2.45) is 58.2 Å². The van der Waals surface area contributed by atoms with Crippen LogP contribution >= 0.6 is 0 Å². The molecule has 4 aliphatic carbocycles. The number of fused-ring (bicyclic) bond motifs is 5. The van der Waals surface area contributed by atoms with Crippen molar-refractivity contribution in [1.82, 2.24) is 0 Å². The Bertz CT molecular complexity index is 762. The van der Waals surface area contributed by atoms with Crippen LogP contribution in [0.15, 0.2) is 0 Å². The van der Waals surface area contributed by atoms with E-state index < -0.39 is 48.0 Å². The molecule has 0 saturated heterocycles. The van der Waals surface area contributed by atoms with Crippen molar-refractivity contribution < 1.29 is 35.7 Å². The van der Waals surface area contributed by atoms with Crippen molar-refractivity contribution in [2.45, 2.75) is 116 Å². The van der Waals surface area contributed by atoms with Gasteiger partial charge >= 0.3 is 0 Å². The zero-order chi connectivity index (χ0) is 26.7. The lowest BCUT2D eigenvalue weighted by atomic mass is 9.42. The molecule has 4 saturated carbocycles. The lowest BCUT2D eigenvalue weighted by Crippen LogP contribution is -2.68. The smallest absolute Gasteiger partial charge is 0.0861 e. The largest absolute Gasteiger partial charge is 0.396 e. The van der Waals surface area contributed by atoms with Crippen LogP contribution in [-0.4, -0.2) is 79.0 Å². The average molecular weight is 513 g/mol. The molecule has 0 bridgehead atoms. The van der Waals surface area contributed by atoms with Gasteiger partial charge in [-0.15, -0.1) is 0 Å². The van der Waals surface area contributed by atoms with Crippen LogP contribution in [0.2, 0.25) is 0 Å². The highest BCUT2D eigenvalue weighted by molar-refractivity contribution is 5.17. The Hall–Kier alpha value is -0.280. The first-order chi connectivity index (χ1) is 16.8. The molecule has 0 radical (unpaired) electrons. The molecule has 4 aliphatic rings. The summed E-state index contributed by atoms with van der Waals surface area (Å²) in [6.45, 7) is 10.8. The Morgan fingerprint density at radius 2 is 1.44 bits per heavy atom. The predicted molar refractivity (Wildman–Crippen MR) is 137 cm³/mol. The Balaban J connectivity index is 1.60. The standard InChI is InChI=1S/C29H52O7/c1-14(2)16(8-11-30)12-20(32)15(3)18-13-21(33)23-22-17(6-9-29(18,23)5)28(4)10-7-19(31)25(34)24(28)27(36)26(22)35/h14-27,30-36H,6-13H2,1-5H3/t15-,16?,17-,18+,19+,20?,21?,22+,23-,24+,25-,26+,27+,28+,29+/m0/s1. The number of aliphatic hydroxyl groups is 7. The van der Waals surface area contributed by atoms with Gasteiger partial charge in [0.05, 0.1) is 36.6 Å². The minimum Gasteiger partial charge on any atom is -0.396 e. The van der Waals surface area contributed by atoms with E-state index in [1.165, 1.54) is 0 Å². The molecule has 0 aliphatic heterocycles. The Kier molecular flexibility index (Phi) is 8.27. The summed E-state index contributed by atoms with van der Waals surface area (Å²) in [6, 6.07) is 0. The van der Waals surface area contributed by atoms with Crippen LogP contribution in [0.1, 0.15) is 79.6 Å². The molecule has 7 nitrogen and oxygen atoms in total. The maximum atomic E-state index is 11.5. The fourth-order valence-corrected chi connectivity index (χ4v) is 9.93. The summed E-state index contributed by atoms with van der Waals surface area (Å²) < 4.78 is 0. The molecule has 15 atom stereocenters. The van der Waals surface area contributed by atoms with Gasteiger partial charge in [-0.25, -0.2) is 0 Å². The van der Waals surface area contributed by atoms with Crippen LogP contribution in [0.3, 0.4) is 0 Å². The molecule has 0 aromatic heterocycles. The highest BCUT2D eigenvalue weighted by Gasteiger charge is 2.68. The summed E-state index contributed by atoms with van der Waals surface area (Å²) >= 11 is 0. The van der Waals surface area contributed by atoms with E-state index in [-0.39, 0.29) is 47.5 Å². The molecule has 3 unspecified atom stereocenters. The summed E-state index contributed by atoms with van der Waals surface area (Å²) in [7, 11) is 0. The van der Waals surface area contributed by atoms with Crippen LogP contribution in [0, 0.1) is 58.2 Å². The topological polar surface area (TPSA) is 142 Å². The van der Waals surface area contributed by atoms with Gasteiger partial charge in [0.15, 0.2) is 0 Å². The van der Waals surface area contributed by atoms with Gasteiger partial charge in [-0.05, 0) is 97.2 Å². The molecule has 4 fully saturated rings. The van der Waals surface area contributed by atoms with Crippen LogP contribution in [0.5, 0.6) is 0 Å². The van der Waals surface area contributed by atoms with Gasteiger partial charge in [0.1, 0.15) is 0 Å². The van der Waals surface area contributed by atoms with E-state index in [9.17, 15) is 35.7 Å². The van der Waals surface area contributed by atoms with Gasteiger partial charge < -0.3 is 35.7 Å². The fourth-order valence-electron chi connectivity index (χ4n) is 9.93. The van der Waals surface area contributed by atoms with Crippen LogP contribution < -0.4 is 0 Å². The van der Waals surface area contributed by atoms with Crippen LogP contribution in [0.4, 0.5) is 0 Å². The Labute approximate surface area is 216 Å². The maximum absolute atomic E-state index is 11.5. The number of hydrogen-bond acceptors (Lipinski definition) is 7. The van der Waals surface area contributed by atoms with E-state index >= 15 is 0 Å². The summed E-state index contributed by atoms with van der Waals surface area (Å²) in [4.78, 5) is 0. The lowest BCUT2D eigenvalue weighted by molar-refractivity contribution is -0.256. The normalized spacial score (nSPS) is 51.2. The molecular formula is C29H52O7. The number of rotatable bonds is 7. The molecule has 0 aromatic rings. The third-order valence-electron chi connectivity index (χ3n) is 12.1. The van der Waals surface area contributed by atoms with Crippen molar-refractivity contribution in [3.05, 3.63) is 0 Å². The highest BCUT2D eigenvalue weighted by Crippen LogP contribution is 2.68. The first-order valence-electron chi connectivity index (χ1n) is 14.5. The van der Waals surface area contributed by atoms with Gasteiger partial charge in [-0.2, -0.15) is 0 Å². The lowest BCUT2D eigenvalue weighted by Gasteiger charge is -2.64. The molecule has 0 spiro atoms. The molecule has 7 N–H and O–H groups in total. The highest BCUT2D eigenvalue weighted by atomic mass is 16.3. The quantitative estimate of drug-likeness (QED) is 0.276. The van der Waals surface area contributed by atoms with Crippen molar-refractivity contribution >= 4 is 0 Å². The van der Waals surface area contributed by atoms with Crippen LogP contribution in [0.25, 0.3) is 0 Å². The van der Waals surface area contributed by atoms with Crippen LogP contribution in [-0.2, 0) is 0 Å². The third kappa shape index (κ3) is 4.39. The van der Waals surface area contributed by atoms with E-state index in [0.29, 0.717) is 38.0 Å². The van der Waals surface area contributed by atoms with Crippen molar-refractivity contribution in [1.29, 1.82) is 0 Å². The summed E-state index contributed by atoms with van der Waals surface area (Å²) in [5, 5.41) is 76.1. The van der Waals surface area contributed by atoms with Crippen molar-refractivity contribution in [3.63, 3.8) is 0 Å². The molecule has 4 rings (SSSR count). The predicted octanol–water partition coefficient (Wildman–Crippen LogP) is 1.93. The Morgan fingerprint density at radius 1 is 0.806 bits per heavy atom. The molecule has 210 valence electrons. The average Bonchev–Trinajstić information content (AvgIpc) is 3.09. The molecule has 7 heteroatoms. The first kappa shape index (κ1) is 28.7. The van der Waals surface area contributed by atoms with E-state index in [4.69, 9.17) is 0 Å². The van der Waals surface area contributed by atoms with E-state index in [1.807, 2.05) is 0 Å². The second-order valence-corrected chi connectivity index (χ2v) is 14.0. The van der Waals surface area contributed by atoms with E-state index in [2.05, 4.69) is 34.6 Å². The van der Waals surface area contributed by atoms with Crippen molar-refractivity contribution in [3.8, 4) is 0 Å². The summed E-state index contributed by atoms with van der Waals surface area (Å²) in [5.41, 5.74) is -0.691. The van der Waals surface area contributed by atoms with E-state index in [1.54, 1.807) is 0 Å². The second kappa shape index (κ2) is 10.4. The zero-order valence-electron chi connectivity index (χ0n) is 22.9. The SMILES string of the molecule is CC(C)C(CCO)CC(O)[C@@H](C)[C@H]1CC(O)[C@H]2[C@@H]3[C@@H](O)[C@H](O)[C@H]4[C@@H](O)[C@H](O)CC[C@]4(C)[C@H]3CC[C@]12C. The summed E-state index contributed by atoms with van der Waals surface area (Å²) in [6.07, 6.45) is -0.608.